The molecule has 0 amide bonds. The molecule has 1 aliphatic heterocycles. The molecule has 2 rings (SSSR count). The van der Waals surface area contributed by atoms with Crippen molar-refractivity contribution in [3.63, 3.8) is 0 Å². The Kier molecular flexibility index (Phi) is 4.27. The summed E-state index contributed by atoms with van der Waals surface area (Å²) < 4.78 is 25.9. The number of H-pyrrole nitrogens is 1. The highest BCUT2D eigenvalue weighted by Crippen LogP contribution is 2.21. The predicted molar refractivity (Wildman–Crippen MR) is 73.2 cm³/mol. The number of aromatic nitrogens is 2. The number of hydrogen-bond acceptors (Lipinski definition) is 4. The van der Waals surface area contributed by atoms with Crippen molar-refractivity contribution >= 4 is 10.0 Å². The molecule has 19 heavy (non-hydrogen) atoms. The second kappa shape index (κ2) is 5.60. The largest absolute Gasteiger partial charge is 0.301 e. The van der Waals surface area contributed by atoms with Gasteiger partial charge in [0.15, 0.2) is 0 Å². The number of hydrogen-bond donors (Lipinski definition) is 1. The first kappa shape index (κ1) is 14.5. The molecule has 0 unspecified atom stereocenters. The van der Waals surface area contributed by atoms with Crippen molar-refractivity contribution < 1.29 is 8.42 Å². The van der Waals surface area contributed by atoms with Crippen LogP contribution in [0.5, 0.6) is 0 Å². The third kappa shape index (κ3) is 3.16. The van der Waals surface area contributed by atoms with Crippen molar-refractivity contribution in [2.45, 2.75) is 31.2 Å². The molecule has 1 atom stereocenters. The SMILES string of the molecule is CC(C)N1CC[C@H](CN(C)S(=O)(=O)c2cn[nH]c2)C1. The lowest BCUT2D eigenvalue weighted by molar-refractivity contribution is 0.259. The van der Waals surface area contributed by atoms with Crippen LogP contribution < -0.4 is 0 Å². The first-order valence-electron chi connectivity index (χ1n) is 6.60. The van der Waals surface area contributed by atoms with Crippen LogP contribution in [0, 0.1) is 5.92 Å². The van der Waals surface area contributed by atoms with E-state index in [1.807, 2.05) is 0 Å². The van der Waals surface area contributed by atoms with E-state index in [0.717, 1.165) is 19.5 Å². The molecule has 108 valence electrons. The van der Waals surface area contributed by atoms with E-state index in [9.17, 15) is 8.42 Å². The van der Waals surface area contributed by atoms with Crippen molar-refractivity contribution in [1.29, 1.82) is 0 Å². The van der Waals surface area contributed by atoms with Gasteiger partial charge in [0.05, 0.1) is 6.20 Å². The number of nitrogens with one attached hydrogen (secondary N) is 1. The summed E-state index contributed by atoms with van der Waals surface area (Å²) in [5.41, 5.74) is 0. The first-order valence-corrected chi connectivity index (χ1v) is 8.04. The molecule has 6 nitrogen and oxygen atoms in total. The lowest BCUT2D eigenvalue weighted by atomic mass is 10.1. The number of nitrogens with zero attached hydrogens (tertiary/aromatic N) is 3. The number of sulfonamides is 1. The molecular formula is C12H22N4O2S. The summed E-state index contributed by atoms with van der Waals surface area (Å²) >= 11 is 0. The normalized spacial score (nSPS) is 21.6. The maximum absolute atomic E-state index is 12.2. The van der Waals surface area contributed by atoms with Crippen molar-refractivity contribution in [2.24, 2.45) is 5.92 Å². The fourth-order valence-corrected chi connectivity index (χ4v) is 3.66. The maximum atomic E-state index is 12.2. The summed E-state index contributed by atoms with van der Waals surface area (Å²) in [6, 6.07) is 0.529. The summed E-state index contributed by atoms with van der Waals surface area (Å²) in [4.78, 5) is 2.62. The Hall–Kier alpha value is -0.920. The van der Waals surface area contributed by atoms with Gasteiger partial charge in [0.1, 0.15) is 4.90 Å². The second-order valence-electron chi connectivity index (χ2n) is 5.46. The average Bonchev–Trinajstić information content (AvgIpc) is 2.99. The van der Waals surface area contributed by atoms with Crippen molar-refractivity contribution in [1.82, 2.24) is 19.4 Å². The minimum atomic E-state index is -3.40. The zero-order valence-corrected chi connectivity index (χ0v) is 12.5. The molecule has 1 aliphatic rings. The fraction of sp³-hybridized carbons (Fsp3) is 0.750. The third-order valence-corrected chi connectivity index (χ3v) is 5.53. The van der Waals surface area contributed by atoms with Gasteiger partial charge in [-0.1, -0.05) is 0 Å². The molecule has 0 aromatic carbocycles. The molecule has 1 aromatic rings. The molecule has 7 heteroatoms. The summed E-state index contributed by atoms with van der Waals surface area (Å²) in [6.45, 7) is 6.95. The molecule has 1 aromatic heterocycles. The molecule has 0 saturated carbocycles. The average molecular weight is 286 g/mol. The van der Waals surface area contributed by atoms with Gasteiger partial charge >= 0.3 is 0 Å². The Morgan fingerprint density at radius 3 is 2.84 bits per heavy atom. The summed E-state index contributed by atoms with van der Waals surface area (Å²) in [5, 5.41) is 6.24. The predicted octanol–water partition coefficient (Wildman–Crippen LogP) is 0.761. The van der Waals surface area contributed by atoms with Crippen molar-refractivity contribution in [2.75, 3.05) is 26.7 Å². The van der Waals surface area contributed by atoms with E-state index >= 15 is 0 Å². The first-order chi connectivity index (χ1) is 8.91. The Labute approximate surface area is 114 Å². The molecule has 0 bridgehead atoms. The zero-order valence-electron chi connectivity index (χ0n) is 11.7. The van der Waals surface area contributed by atoms with E-state index in [4.69, 9.17) is 0 Å². The minimum Gasteiger partial charge on any atom is -0.301 e. The number of aromatic amines is 1. The van der Waals surface area contributed by atoms with Crippen molar-refractivity contribution in [3.8, 4) is 0 Å². The van der Waals surface area contributed by atoms with Gasteiger partial charge in [-0.05, 0) is 32.7 Å². The van der Waals surface area contributed by atoms with Gasteiger partial charge in [-0.25, -0.2) is 12.7 Å². The smallest absolute Gasteiger partial charge is 0.245 e. The van der Waals surface area contributed by atoms with Crippen LogP contribution in [0.25, 0.3) is 0 Å². The van der Waals surface area contributed by atoms with Gasteiger partial charge in [-0.3, -0.25) is 5.10 Å². The van der Waals surface area contributed by atoms with Gasteiger partial charge in [0.25, 0.3) is 0 Å². The molecule has 1 saturated heterocycles. The molecule has 1 fully saturated rings. The van der Waals surface area contributed by atoms with Gasteiger partial charge in [0.2, 0.25) is 10.0 Å². The summed E-state index contributed by atoms with van der Waals surface area (Å²) in [5.74, 6) is 0.411. The monoisotopic (exact) mass is 286 g/mol. The van der Waals surface area contributed by atoms with E-state index in [1.165, 1.54) is 16.7 Å². The highest BCUT2D eigenvalue weighted by atomic mass is 32.2. The Morgan fingerprint density at radius 1 is 1.58 bits per heavy atom. The van der Waals surface area contributed by atoms with Crippen LogP contribution in [-0.4, -0.2) is 60.5 Å². The molecule has 0 spiro atoms. The van der Waals surface area contributed by atoms with E-state index in [1.54, 1.807) is 7.05 Å². The van der Waals surface area contributed by atoms with Crippen molar-refractivity contribution in [3.05, 3.63) is 12.4 Å². The van der Waals surface area contributed by atoms with E-state index in [0.29, 0.717) is 18.5 Å². The van der Waals surface area contributed by atoms with Crippen LogP contribution in [0.4, 0.5) is 0 Å². The number of likely N-dealkylation sites (tertiary alicyclic amines) is 1. The van der Waals surface area contributed by atoms with Gasteiger partial charge in [0, 0.05) is 32.4 Å². The summed E-state index contributed by atoms with van der Waals surface area (Å²) in [6.07, 6.45) is 3.82. The van der Waals surface area contributed by atoms with E-state index < -0.39 is 10.0 Å². The summed E-state index contributed by atoms with van der Waals surface area (Å²) in [7, 11) is -1.76. The van der Waals surface area contributed by atoms with Crippen LogP contribution >= 0.6 is 0 Å². The highest BCUT2D eigenvalue weighted by molar-refractivity contribution is 7.89. The Morgan fingerprint density at radius 2 is 2.32 bits per heavy atom. The van der Waals surface area contributed by atoms with Gasteiger partial charge < -0.3 is 4.90 Å². The quantitative estimate of drug-likeness (QED) is 0.867. The Bertz CT molecular complexity index is 498. The molecule has 0 aliphatic carbocycles. The highest BCUT2D eigenvalue weighted by Gasteiger charge is 2.29. The van der Waals surface area contributed by atoms with E-state index in [-0.39, 0.29) is 4.90 Å². The topological polar surface area (TPSA) is 69.3 Å². The Balaban J connectivity index is 1.97. The number of rotatable bonds is 5. The standard InChI is InChI=1S/C12H22N4O2S/c1-10(2)16-5-4-11(9-16)8-15(3)19(17,18)12-6-13-14-7-12/h6-7,10-11H,4-5,8-9H2,1-3H3,(H,13,14)/t11-/m1/s1. The maximum Gasteiger partial charge on any atom is 0.245 e. The molecular weight excluding hydrogens is 264 g/mol. The zero-order chi connectivity index (χ0) is 14.0. The molecule has 1 N–H and O–H groups in total. The van der Waals surface area contributed by atoms with Crippen LogP contribution in [0.3, 0.4) is 0 Å². The fourth-order valence-electron chi connectivity index (χ4n) is 2.50. The lowest BCUT2D eigenvalue weighted by Gasteiger charge is -2.22. The van der Waals surface area contributed by atoms with Crippen LogP contribution in [-0.2, 0) is 10.0 Å². The van der Waals surface area contributed by atoms with Crippen LogP contribution in [0.1, 0.15) is 20.3 Å². The van der Waals surface area contributed by atoms with Gasteiger partial charge in [-0.15, -0.1) is 0 Å². The van der Waals surface area contributed by atoms with Gasteiger partial charge in [-0.2, -0.15) is 5.10 Å². The second-order valence-corrected chi connectivity index (χ2v) is 7.51. The lowest BCUT2D eigenvalue weighted by Crippen LogP contribution is -2.34. The van der Waals surface area contributed by atoms with E-state index in [2.05, 4.69) is 28.9 Å². The van der Waals surface area contributed by atoms with Crippen LogP contribution in [0.2, 0.25) is 0 Å². The third-order valence-electron chi connectivity index (χ3n) is 3.74. The minimum absolute atomic E-state index is 0.230. The van der Waals surface area contributed by atoms with Crippen LogP contribution in [0.15, 0.2) is 17.3 Å². The molecule has 0 radical (unpaired) electrons. The molecule has 2 heterocycles.